The highest BCUT2D eigenvalue weighted by Crippen LogP contribution is 2.32. The van der Waals surface area contributed by atoms with Gasteiger partial charge in [-0.25, -0.2) is 8.42 Å². The van der Waals surface area contributed by atoms with E-state index < -0.39 is 15.9 Å². The van der Waals surface area contributed by atoms with Gasteiger partial charge in [0.15, 0.2) is 0 Å². The van der Waals surface area contributed by atoms with E-state index in [9.17, 15) is 13.2 Å². The smallest absolute Gasteiger partial charge is 0.264 e. The molecule has 0 fully saturated rings. The average molecular weight is 407 g/mol. The molecule has 2 aromatic rings. The summed E-state index contributed by atoms with van der Waals surface area (Å²) in [5, 5.41) is 2.76. The second kappa shape index (κ2) is 9.45. The molecule has 0 aliphatic carbocycles. The van der Waals surface area contributed by atoms with Crippen LogP contribution in [0.5, 0.6) is 11.5 Å². The second-order valence-electron chi connectivity index (χ2n) is 6.56. The molecule has 2 aromatic carbocycles. The molecule has 0 radical (unpaired) electrons. The number of para-hydroxylation sites is 2. The Morgan fingerprint density at radius 2 is 1.68 bits per heavy atom. The maximum Gasteiger partial charge on any atom is 0.264 e. The topological polar surface area (TPSA) is 84.9 Å². The number of carbonyl (C=O) groups is 1. The number of hydrogen-bond donors (Lipinski definition) is 1. The minimum Gasteiger partial charge on any atom is -0.497 e. The first-order valence-electron chi connectivity index (χ1n) is 8.86. The minimum absolute atomic E-state index is 0.0517. The summed E-state index contributed by atoms with van der Waals surface area (Å²) < 4.78 is 38.1. The van der Waals surface area contributed by atoms with E-state index in [2.05, 4.69) is 5.32 Å². The number of nitrogens with one attached hydrogen (secondary N) is 1. The Bertz CT molecular complexity index is 895. The van der Waals surface area contributed by atoms with Crippen molar-refractivity contribution in [2.45, 2.75) is 18.7 Å². The van der Waals surface area contributed by atoms with E-state index in [0.717, 1.165) is 4.31 Å². The fourth-order valence-corrected chi connectivity index (χ4v) is 3.95. The van der Waals surface area contributed by atoms with Gasteiger partial charge in [0, 0.05) is 6.54 Å². The van der Waals surface area contributed by atoms with Gasteiger partial charge in [-0.1, -0.05) is 26.0 Å². The number of anilines is 1. The third-order valence-electron chi connectivity index (χ3n) is 4.00. The lowest BCUT2D eigenvalue weighted by Gasteiger charge is -2.25. The molecule has 0 saturated carbocycles. The SMILES string of the molecule is COc1ccc(S(=O)(=O)N(CC(=O)NCC(C)C)c2ccccc2OC)cc1. The first kappa shape index (κ1) is 21.6. The molecule has 0 unspecified atom stereocenters. The second-order valence-corrected chi connectivity index (χ2v) is 8.42. The van der Waals surface area contributed by atoms with Crippen LogP contribution in [0.1, 0.15) is 13.8 Å². The van der Waals surface area contributed by atoms with Gasteiger partial charge in [-0.15, -0.1) is 0 Å². The summed E-state index contributed by atoms with van der Waals surface area (Å²) in [6.07, 6.45) is 0. The van der Waals surface area contributed by atoms with Crippen molar-refractivity contribution in [1.29, 1.82) is 0 Å². The Hall–Kier alpha value is -2.74. The van der Waals surface area contributed by atoms with Crippen LogP contribution in [0.2, 0.25) is 0 Å². The van der Waals surface area contributed by atoms with Crippen molar-refractivity contribution in [1.82, 2.24) is 5.32 Å². The molecule has 1 amide bonds. The van der Waals surface area contributed by atoms with Gasteiger partial charge in [0.2, 0.25) is 5.91 Å². The summed E-state index contributed by atoms with van der Waals surface area (Å²) in [4.78, 5) is 12.5. The Morgan fingerprint density at radius 3 is 2.25 bits per heavy atom. The van der Waals surface area contributed by atoms with E-state index in [-0.39, 0.29) is 17.4 Å². The lowest BCUT2D eigenvalue weighted by atomic mass is 10.2. The van der Waals surface area contributed by atoms with Gasteiger partial charge in [-0.2, -0.15) is 0 Å². The number of amides is 1. The standard InChI is InChI=1S/C20H26N2O5S/c1-15(2)13-21-20(23)14-22(18-7-5-6-8-19(18)27-4)28(24,25)17-11-9-16(26-3)10-12-17/h5-12,15H,13-14H2,1-4H3,(H,21,23). The van der Waals surface area contributed by atoms with Gasteiger partial charge in [0.1, 0.15) is 18.0 Å². The van der Waals surface area contributed by atoms with Crippen molar-refractivity contribution in [3.8, 4) is 11.5 Å². The van der Waals surface area contributed by atoms with Crippen molar-refractivity contribution in [3.63, 3.8) is 0 Å². The normalized spacial score (nSPS) is 11.2. The van der Waals surface area contributed by atoms with Crippen LogP contribution >= 0.6 is 0 Å². The van der Waals surface area contributed by atoms with Crippen LogP contribution in [0.25, 0.3) is 0 Å². The predicted molar refractivity (Wildman–Crippen MR) is 108 cm³/mol. The van der Waals surface area contributed by atoms with Crippen LogP contribution in [0.4, 0.5) is 5.69 Å². The van der Waals surface area contributed by atoms with Gasteiger partial charge in [-0.3, -0.25) is 9.10 Å². The largest absolute Gasteiger partial charge is 0.497 e. The molecular formula is C20H26N2O5S. The van der Waals surface area contributed by atoms with Crippen LogP contribution in [0.3, 0.4) is 0 Å². The Morgan fingerprint density at radius 1 is 1.04 bits per heavy atom. The van der Waals surface area contributed by atoms with Gasteiger partial charge in [-0.05, 0) is 42.3 Å². The first-order chi connectivity index (χ1) is 13.3. The third kappa shape index (κ3) is 5.16. The summed E-state index contributed by atoms with van der Waals surface area (Å²) in [5.41, 5.74) is 0.292. The molecule has 0 atom stereocenters. The number of methoxy groups -OCH3 is 2. The van der Waals surface area contributed by atoms with Crippen LogP contribution in [0, 0.1) is 5.92 Å². The molecule has 0 aliphatic rings. The molecule has 28 heavy (non-hydrogen) atoms. The highest BCUT2D eigenvalue weighted by Gasteiger charge is 2.29. The van der Waals surface area contributed by atoms with E-state index in [1.54, 1.807) is 36.4 Å². The zero-order valence-electron chi connectivity index (χ0n) is 16.5. The van der Waals surface area contributed by atoms with E-state index in [1.807, 2.05) is 13.8 Å². The lowest BCUT2D eigenvalue weighted by Crippen LogP contribution is -2.42. The number of benzene rings is 2. The monoisotopic (exact) mass is 406 g/mol. The molecule has 2 rings (SSSR count). The number of nitrogens with zero attached hydrogens (tertiary/aromatic N) is 1. The minimum atomic E-state index is -4.01. The number of rotatable bonds is 9. The number of sulfonamides is 1. The van der Waals surface area contributed by atoms with Crippen molar-refractivity contribution in [2.24, 2.45) is 5.92 Å². The summed E-state index contributed by atoms with van der Waals surface area (Å²) in [6, 6.07) is 12.7. The van der Waals surface area contributed by atoms with Crippen molar-refractivity contribution in [3.05, 3.63) is 48.5 Å². The van der Waals surface area contributed by atoms with E-state index in [1.165, 1.54) is 26.4 Å². The molecule has 0 bridgehead atoms. The molecule has 8 heteroatoms. The molecule has 1 N–H and O–H groups in total. The van der Waals surface area contributed by atoms with E-state index >= 15 is 0 Å². The van der Waals surface area contributed by atoms with Crippen LogP contribution in [-0.2, 0) is 14.8 Å². The van der Waals surface area contributed by atoms with Crippen LogP contribution in [0.15, 0.2) is 53.4 Å². The van der Waals surface area contributed by atoms with E-state index in [4.69, 9.17) is 9.47 Å². The zero-order valence-corrected chi connectivity index (χ0v) is 17.3. The Labute approximate surface area is 166 Å². The summed E-state index contributed by atoms with van der Waals surface area (Å²) in [7, 11) is -1.05. The molecular weight excluding hydrogens is 380 g/mol. The predicted octanol–water partition coefficient (Wildman–Crippen LogP) is 2.67. The van der Waals surface area contributed by atoms with E-state index in [0.29, 0.717) is 23.7 Å². The van der Waals surface area contributed by atoms with Crippen molar-refractivity contribution in [2.75, 3.05) is 31.6 Å². The van der Waals surface area contributed by atoms with Crippen molar-refractivity contribution < 1.29 is 22.7 Å². The third-order valence-corrected chi connectivity index (χ3v) is 5.77. The molecule has 0 saturated heterocycles. The Balaban J connectivity index is 2.45. The molecule has 0 aliphatic heterocycles. The lowest BCUT2D eigenvalue weighted by molar-refractivity contribution is -0.119. The quantitative estimate of drug-likeness (QED) is 0.692. The van der Waals surface area contributed by atoms with Crippen LogP contribution in [-0.4, -0.2) is 41.6 Å². The highest BCUT2D eigenvalue weighted by molar-refractivity contribution is 7.92. The summed E-state index contributed by atoms with van der Waals surface area (Å²) in [6.45, 7) is 4.03. The number of hydrogen-bond acceptors (Lipinski definition) is 5. The van der Waals surface area contributed by atoms with Gasteiger partial charge in [0.25, 0.3) is 10.0 Å². The number of carbonyl (C=O) groups excluding carboxylic acids is 1. The van der Waals surface area contributed by atoms with Gasteiger partial charge in [0.05, 0.1) is 24.8 Å². The molecule has 152 valence electrons. The van der Waals surface area contributed by atoms with Crippen LogP contribution < -0.4 is 19.1 Å². The molecule has 0 spiro atoms. The summed E-state index contributed by atoms with van der Waals surface area (Å²) in [5.74, 6) is 0.757. The van der Waals surface area contributed by atoms with Gasteiger partial charge >= 0.3 is 0 Å². The van der Waals surface area contributed by atoms with Crippen molar-refractivity contribution >= 4 is 21.6 Å². The van der Waals surface area contributed by atoms with Gasteiger partial charge < -0.3 is 14.8 Å². The maximum atomic E-state index is 13.3. The molecule has 0 heterocycles. The Kier molecular flexibility index (Phi) is 7.28. The highest BCUT2D eigenvalue weighted by atomic mass is 32.2. The fourth-order valence-electron chi connectivity index (χ4n) is 2.51. The first-order valence-corrected chi connectivity index (χ1v) is 10.3. The zero-order chi connectivity index (χ0) is 20.7. The molecule has 7 nitrogen and oxygen atoms in total. The fraction of sp³-hybridized carbons (Fsp3) is 0.350. The number of ether oxygens (including phenoxy) is 2. The molecule has 0 aromatic heterocycles. The summed E-state index contributed by atoms with van der Waals surface area (Å²) >= 11 is 0. The maximum absolute atomic E-state index is 13.3. The average Bonchev–Trinajstić information content (AvgIpc) is 2.70.